The summed E-state index contributed by atoms with van der Waals surface area (Å²) in [4.78, 5) is 14.3. The molecule has 0 saturated carbocycles. The monoisotopic (exact) mass is 364 g/mol. The van der Waals surface area contributed by atoms with E-state index in [2.05, 4.69) is 23.1 Å². The van der Waals surface area contributed by atoms with Crippen molar-refractivity contribution in [2.45, 2.75) is 19.8 Å². The number of hydrogen-bond acceptors (Lipinski definition) is 5. The summed E-state index contributed by atoms with van der Waals surface area (Å²) < 4.78 is 10.5. The minimum absolute atomic E-state index is 0.0542. The van der Waals surface area contributed by atoms with E-state index in [1.165, 1.54) is 5.57 Å². The number of carbonyl (C=O) groups is 1. The summed E-state index contributed by atoms with van der Waals surface area (Å²) in [6.45, 7) is 4.97. The molecule has 1 heterocycles. The molecule has 0 amide bonds. The van der Waals surface area contributed by atoms with Crippen LogP contribution < -0.4 is 0 Å². The van der Waals surface area contributed by atoms with Crippen LogP contribution in [0.4, 0.5) is 0 Å². The summed E-state index contributed by atoms with van der Waals surface area (Å²) in [5, 5.41) is 9.39. The Kier molecular flexibility index (Phi) is 6.45. The number of carbonyl (C=O) groups excluding carboxylic acids is 1. The van der Waals surface area contributed by atoms with Crippen molar-refractivity contribution >= 4 is 12.0 Å². The molecule has 0 N–H and O–H groups in total. The number of esters is 1. The van der Waals surface area contributed by atoms with Gasteiger partial charge in [-0.05, 0) is 48.6 Å². The largest absolute Gasteiger partial charge is 0.462 e. The third kappa shape index (κ3) is 4.66. The summed E-state index contributed by atoms with van der Waals surface area (Å²) in [7, 11) is 0. The highest BCUT2D eigenvalue weighted by molar-refractivity contribution is 5.93. The Morgan fingerprint density at radius 1 is 1.26 bits per heavy atom. The SMILES string of the molecule is CCOC(=O)/C(C#N)=C\C1=C(N2CCOCC2)C(=C/c2ccccc2)/CC1. The van der Waals surface area contributed by atoms with Crippen molar-refractivity contribution < 1.29 is 14.3 Å². The van der Waals surface area contributed by atoms with Crippen LogP contribution in [-0.4, -0.2) is 43.8 Å². The quantitative estimate of drug-likeness (QED) is 0.455. The van der Waals surface area contributed by atoms with E-state index in [0.717, 1.165) is 42.8 Å². The van der Waals surface area contributed by atoms with E-state index in [-0.39, 0.29) is 12.2 Å². The Labute approximate surface area is 160 Å². The first-order valence-corrected chi connectivity index (χ1v) is 9.33. The molecule has 5 nitrogen and oxygen atoms in total. The van der Waals surface area contributed by atoms with Gasteiger partial charge in [-0.3, -0.25) is 0 Å². The lowest BCUT2D eigenvalue weighted by Crippen LogP contribution is -2.36. The van der Waals surface area contributed by atoms with E-state index >= 15 is 0 Å². The Balaban J connectivity index is 2.00. The molecular weight excluding hydrogens is 340 g/mol. The summed E-state index contributed by atoms with van der Waals surface area (Å²) in [5.74, 6) is -0.561. The number of ether oxygens (including phenoxy) is 2. The second kappa shape index (κ2) is 9.20. The number of allylic oxidation sites excluding steroid dienone is 3. The number of morpholine rings is 1. The van der Waals surface area contributed by atoms with Gasteiger partial charge >= 0.3 is 5.97 Å². The van der Waals surface area contributed by atoms with E-state index in [9.17, 15) is 10.1 Å². The summed E-state index contributed by atoms with van der Waals surface area (Å²) >= 11 is 0. The molecule has 3 rings (SSSR count). The first-order valence-electron chi connectivity index (χ1n) is 9.33. The molecule has 5 heteroatoms. The smallest absolute Gasteiger partial charge is 0.348 e. The molecule has 1 aliphatic heterocycles. The topological polar surface area (TPSA) is 62.6 Å². The Bertz CT molecular complexity index is 810. The van der Waals surface area contributed by atoms with Crippen LogP contribution in [-0.2, 0) is 14.3 Å². The number of rotatable bonds is 5. The van der Waals surface area contributed by atoms with Crippen LogP contribution in [0.3, 0.4) is 0 Å². The molecule has 0 bridgehead atoms. The van der Waals surface area contributed by atoms with Gasteiger partial charge in [-0.2, -0.15) is 5.26 Å². The molecular formula is C22H24N2O3. The second-order valence-electron chi connectivity index (χ2n) is 6.44. The van der Waals surface area contributed by atoms with E-state index in [1.807, 2.05) is 24.3 Å². The maximum atomic E-state index is 12.0. The van der Waals surface area contributed by atoms with Crippen LogP contribution in [0.5, 0.6) is 0 Å². The number of nitrogens with zero attached hydrogens (tertiary/aromatic N) is 2. The first-order chi connectivity index (χ1) is 13.2. The average molecular weight is 364 g/mol. The summed E-state index contributed by atoms with van der Waals surface area (Å²) in [5.41, 5.74) is 4.58. The zero-order valence-corrected chi connectivity index (χ0v) is 15.6. The fourth-order valence-corrected chi connectivity index (χ4v) is 3.46. The zero-order chi connectivity index (χ0) is 19.1. The highest BCUT2D eigenvalue weighted by Crippen LogP contribution is 2.36. The van der Waals surface area contributed by atoms with E-state index in [0.29, 0.717) is 13.2 Å². The lowest BCUT2D eigenvalue weighted by atomic mass is 10.1. The Morgan fingerprint density at radius 3 is 2.67 bits per heavy atom. The predicted octanol–water partition coefficient (Wildman–Crippen LogP) is 3.46. The molecule has 0 atom stereocenters. The minimum Gasteiger partial charge on any atom is -0.462 e. The van der Waals surface area contributed by atoms with Gasteiger partial charge in [0.25, 0.3) is 0 Å². The Morgan fingerprint density at radius 2 is 2.00 bits per heavy atom. The van der Waals surface area contributed by atoms with Crippen LogP contribution in [0.2, 0.25) is 0 Å². The average Bonchev–Trinajstić information content (AvgIpc) is 3.09. The van der Waals surface area contributed by atoms with Gasteiger partial charge in [0.05, 0.1) is 19.8 Å². The maximum absolute atomic E-state index is 12.0. The predicted molar refractivity (Wildman–Crippen MR) is 103 cm³/mol. The maximum Gasteiger partial charge on any atom is 0.348 e. The number of hydrogen-bond donors (Lipinski definition) is 0. The van der Waals surface area contributed by atoms with Crippen molar-refractivity contribution in [3.8, 4) is 6.07 Å². The minimum atomic E-state index is -0.561. The van der Waals surface area contributed by atoms with Gasteiger partial charge < -0.3 is 14.4 Å². The third-order valence-electron chi connectivity index (χ3n) is 4.67. The third-order valence-corrected chi connectivity index (χ3v) is 4.67. The zero-order valence-electron chi connectivity index (χ0n) is 15.6. The van der Waals surface area contributed by atoms with Crippen LogP contribution in [0, 0.1) is 11.3 Å². The van der Waals surface area contributed by atoms with E-state index in [4.69, 9.17) is 9.47 Å². The lowest BCUT2D eigenvalue weighted by Gasteiger charge is -2.31. The van der Waals surface area contributed by atoms with Crippen LogP contribution in [0.1, 0.15) is 25.3 Å². The van der Waals surface area contributed by atoms with Gasteiger partial charge in [-0.15, -0.1) is 0 Å². The molecule has 0 radical (unpaired) electrons. The van der Waals surface area contributed by atoms with Crippen molar-refractivity contribution in [1.29, 1.82) is 5.26 Å². The normalized spacial score (nSPS) is 19.3. The molecule has 1 saturated heterocycles. The molecule has 140 valence electrons. The van der Waals surface area contributed by atoms with Gasteiger partial charge in [0, 0.05) is 18.8 Å². The van der Waals surface area contributed by atoms with Crippen LogP contribution >= 0.6 is 0 Å². The molecule has 1 fully saturated rings. The van der Waals surface area contributed by atoms with Gasteiger partial charge in [0.15, 0.2) is 0 Å². The second-order valence-corrected chi connectivity index (χ2v) is 6.44. The van der Waals surface area contributed by atoms with Crippen molar-refractivity contribution in [2.75, 3.05) is 32.9 Å². The highest BCUT2D eigenvalue weighted by atomic mass is 16.5. The van der Waals surface area contributed by atoms with Crippen molar-refractivity contribution in [2.24, 2.45) is 0 Å². The standard InChI is InChI=1S/C22H24N2O3/c1-2-27-22(25)20(16-23)15-19-9-8-18(14-17-6-4-3-5-7-17)21(19)24-10-12-26-13-11-24/h3-7,14-15H,2,8-13H2,1H3/b18-14+,20-15-. The van der Waals surface area contributed by atoms with E-state index in [1.54, 1.807) is 13.0 Å². The van der Waals surface area contributed by atoms with Crippen molar-refractivity contribution in [3.05, 3.63) is 64.4 Å². The van der Waals surface area contributed by atoms with Gasteiger partial charge in [-0.25, -0.2) is 4.79 Å². The molecule has 0 aromatic heterocycles. The van der Waals surface area contributed by atoms with E-state index < -0.39 is 5.97 Å². The molecule has 0 spiro atoms. The lowest BCUT2D eigenvalue weighted by molar-refractivity contribution is -0.138. The fraction of sp³-hybridized carbons (Fsp3) is 0.364. The number of nitriles is 1. The van der Waals surface area contributed by atoms with Gasteiger partial charge in [0.2, 0.25) is 0 Å². The molecule has 0 unspecified atom stereocenters. The highest BCUT2D eigenvalue weighted by Gasteiger charge is 2.26. The molecule has 1 aromatic carbocycles. The Hall–Kier alpha value is -2.84. The first kappa shape index (κ1) is 18.9. The van der Waals surface area contributed by atoms with Crippen LogP contribution in [0.15, 0.2) is 58.8 Å². The molecule has 1 aliphatic carbocycles. The van der Waals surface area contributed by atoms with Gasteiger partial charge in [0.1, 0.15) is 11.6 Å². The number of benzene rings is 1. The summed E-state index contributed by atoms with van der Waals surface area (Å²) in [6.07, 6.45) is 5.58. The molecule has 2 aliphatic rings. The van der Waals surface area contributed by atoms with Gasteiger partial charge in [-0.1, -0.05) is 30.3 Å². The van der Waals surface area contributed by atoms with Crippen molar-refractivity contribution in [3.63, 3.8) is 0 Å². The van der Waals surface area contributed by atoms with Crippen LogP contribution in [0.25, 0.3) is 6.08 Å². The summed E-state index contributed by atoms with van der Waals surface area (Å²) in [6, 6.07) is 12.2. The molecule has 1 aromatic rings. The molecule has 27 heavy (non-hydrogen) atoms. The fourth-order valence-electron chi connectivity index (χ4n) is 3.46. The van der Waals surface area contributed by atoms with Crippen molar-refractivity contribution in [1.82, 2.24) is 4.90 Å².